The van der Waals surface area contributed by atoms with E-state index in [-0.39, 0.29) is 55.5 Å². The molecule has 0 spiro atoms. The Morgan fingerprint density at radius 2 is 1.46 bits per heavy atom. The molecular formula is C28H41Cl3N6O2. The number of halogens is 3. The van der Waals surface area contributed by atoms with Crippen LogP contribution in [0.3, 0.4) is 0 Å². The van der Waals surface area contributed by atoms with Gasteiger partial charge in [-0.1, -0.05) is 12.5 Å². The highest BCUT2D eigenvalue weighted by Gasteiger charge is 2.38. The van der Waals surface area contributed by atoms with Gasteiger partial charge >= 0.3 is 0 Å². The number of nitrogens with zero attached hydrogens (tertiary/aromatic N) is 2. The fourth-order valence-electron chi connectivity index (χ4n) is 5.64. The predicted octanol–water partition coefficient (Wildman–Crippen LogP) is 5.97. The fraction of sp³-hybridized carbons (Fsp3) is 0.500. The third-order valence-electron chi connectivity index (χ3n) is 8.14. The number of anilines is 1. The molecule has 0 radical (unpaired) electrons. The van der Waals surface area contributed by atoms with E-state index in [1.54, 1.807) is 0 Å². The van der Waals surface area contributed by atoms with Crippen LogP contribution in [0, 0.1) is 11.8 Å². The van der Waals surface area contributed by atoms with Gasteiger partial charge in [0.05, 0.1) is 0 Å². The average Bonchev–Trinajstić information content (AvgIpc) is 2.85. The van der Waals surface area contributed by atoms with Gasteiger partial charge in [0, 0.05) is 17.3 Å². The minimum Gasteiger partial charge on any atom is -0.481 e. The minimum absolute atomic E-state index is 0. The van der Waals surface area contributed by atoms with Gasteiger partial charge in [-0.15, -0.1) is 37.2 Å². The third kappa shape index (κ3) is 6.68. The number of nitrogens with two attached hydrogens (primary N) is 3. The Hall–Kier alpha value is -2.39. The van der Waals surface area contributed by atoms with E-state index in [0.717, 1.165) is 53.4 Å². The molecule has 6 atom stereocenters. The highest BCUT2D eigenvalue weighted by molar-refractivity contribution is 5.90. The second-order valence-corrected chi connectivity index (χ2v) is 10.8. The molecule has 1 aliphatic carbocycles. The van der Waals surface area contributed by atoms with Crippen LogP contribution in [0.25, 0.3) is 0 Å². The molecule has 2 heterocycles. The van der Waals surface area contributed by atoms with Gasteiger partial charge in [-0.25, -0.2) is 9.98 Å². The smallest absolute Gasteiger partial charge is 0.153 e. The second kappa shape index (κ2) is 12.9. The van der Waals surface area contributed by atoms with Crippen LogP contribution in [-0.4, -0.2) is 29.9 Å². The maximum absolute atomic E-state index is 7.04. The summed E-state index contributed by atoms with van der Waals surface area (Å²) in [5.41, 5.74) is 22.2. The quantitative estimate of drug-likeness (QED) is 0.335. The van der Waals surface area contributed by atoms with Crippen LogP contribution >= 0.6 is 37.2 Å². The first kappa shape index (κ1) is 32.8. The van der Waals surface area contributed by atoms with Gasteiger partial charge in [-0.3, -0.25) is 0 Å². The summed E-state index contributed by atoms with van der Waals surface area (Å²) >= 11 is 0. The first-order valence-corrected chi connectivity index (χ1v) is 13.0. The summed E-state index contributed by atoms with van der Waals surface area (Å²) < 4.78 is 11.7. The molecule has 5 rings (SSSR count). The Labute approximate surface area is 249 Å². The molecular weight excluding hydrogens is 559 g/mol. The molecule has 216 valence electrons. The highest BCUT2D eigenvalue weighted by atomic mass is 35.5. The van der Waals surface area contributed by atoms with Crippen molar-refractivity contribution < 1.29 is 9.47 Å². The lowest BCUT2D eigenvalue weighted by Gasteiger charge is -2.42. The second-order valence-electron chi connectivity index (χ2n) is 10.8. The molecule has 0 saturated heterocycles. The summed E-state index contributed by atoms with van der Waals surface area (Å²) in [4.78, 5) is 9.07. The molecule has 11 heteroatoms. The van der Waals surface area contributed by atoms with Crippen molar-refractivity contribution >= 4 is 66.0 Å². The van der Waals surface area contributed by atoms with Gasteiger partial charge in [0.25, 0.3) is 0 Å². The van der Waals surface area contributed by atoms with Crippen LogP contribution in [0.15, 0.2) is 46.4 Å². The van der Waals surface area contributed by atoms with Crippen molar-refractivity contribution in [1.82, 2.24) is 0 Å². The number of nitrogens with one attached hydrogen (secondary N) is 1. The van der Waals surface area contributed by atoms with Crippen molar-refractivity contribution in [3.8, 4) is 11.5 Å². The van der Waals surface area contributed by atoms with Crippen LogP contribution in [0.5, 0.6) is 11.5 Å². The summed E-state index contributed by atoms with van der Waals surface area (Å²) in [5.74, 6) is 3.37. The number of fused-ring (bicyclic) bond motifs is 2. The number of hydrogen-bond acceptors (Lipinski definition) is 8. The topological polar surface area (TPSA) is 133 Å². The summed E-state index contributed by atoms with van der Waals surface area (Å²) in [6, 6.07) is 12.4. The molecule has 2 aliphatic heterocycles. The van der Waals surface area contributed by atoms with Crippen molar-refractivity contribution in [2.75, 3.05) is 5.32 Å². The zero-order chi connectivity index (χ0) is 25.6. The molecule has 3 aliphatic rings. The third-order valence-corrected chi connectivity index (χ3v) is 8.14. The van der Waals surface area contributed by atoms with Crippen molar-refractivity contribution in [2.24, 2.45) is 39.0 Å². The van der Waals surface area contributed by atoms with Gasteiger partial charge < -0.3 is 32.0 Å². The number of ether oxygens (including phenoxy) is 2. The van der Waals surface area contributed by atoms with Crippen LogP contribution in [-0.2, 0) is 5.54 Å². The van der Waals surface area contributed by atoms with Crippen molar-refractivity contribution in [3.63, 3.8) is 0 Å². The van der Waals surface area contributed by atoms with Crippen LogP contribution < -0.4 is 32.0 Å². The Morgan fingerprint density at radius 3 is 2.08 bits per heavy atom. The number of hydrogen-bond donors (Lipinski definition) is 4. The van der Waals surface area contributed by atoms with Gasteiger partial charge in [0.1, 0.15) is 34.5 Å². The van der Waals surface area contributed by atoms with E-state index < -0.39 is 5.54 Å². The van der Waals surface area contributed by atoms with E-state index in [9.17, 15) is 0 Å². The van der Waals surface area contributed by atoms with Gasteiger partial charge in [-0.05, 0) is 94.7 Å². The summed E-state index contributed by atoms with van der Waals surface area (Å²) in [5, 5.41) is 3.69. The Kier molecular flexibility index (Phi) is 10.8. The normalized spacial score (nSPS) is 25.6. The molecule has 39 heavy (non-hydrogen) atoms. The number of aliphatic imine (C=N–C) groups is 2. The Bertz CT molecular complexity index is 1220. The first-order valence-electron chi connectivity index (χ1n) is 13.0. The molecule has 0 aromatic heterocycles. The summed E-state index contributed by atoms with van der Waals surface area (Å²) in [6.07, 6.45) is 4.07. The number of benzene rings is 2. The van der Waals surface area contributed by atoms with Gasteiger partial charge in [0.2, 0.25) is 0 Å². The maximum atomic E-state index is 7.04. The van der Waals surface area contributed by atoms with Crippen LogP contribution in [0.2, 0.25) is 0 Å². The molecule has 1 fully saturated rings. The fourth-order valence-corrected chi connectivity index (χ4v) is 5.64. The molecule has 0 bridgehead atoms. The van der Waals surface area contributed by atoms with Crippen molar-refractivity contribution in [1.29, 1.82) is 0 Å². The average molecular weight is 600 g/mol. The van der Waals surface area contributed by atoms with E-state index in [1.807, 2.05) is 38.1 Å². The Morgan fingerprint density at radius 1 is 0.897 bits per heavy atom. The lowest BCUT2D eigenvalue weighted by atomic mass is 9.68. The van der Waals surface area contributed by atoms with Crippen molar-refractivity contribution in [2.45, 2.75) is 77.2 Å². The van der Waals surface area contributed by atoms with Gasteiger partial charge in [0.15, 0.2) is 12.2 Å². The molecule has 0 amide bonds. The van der Waals surface area contributed by atoms with E-state index in [4.69, 9.17) is 26.7 Å². The zero-order valence-corrected chi connectivity index (χ0v) is 25.3. The van der Waals surface area contributed by atoms with Crippen LogP contribution in [0.4, 0.5) is 17.1 Å². The molecule has 2 aromatic rings. The lowest BCUT2D eigenvalue weighted by Crippen LogP contribution is -2.45. The SMILES string of the molecule is CC1Oc2ccc(NC(C)C3CCCC(C(C)(N)c4ccc5c(c4)N=C(N)C(C)O5)C3)cc2N=C1N.Cl.Cl.Cl. The lowest BCUT2D eigenvalue weighted by molar-refractivity contribution is 0.167. The zero-order valence-electron chi connectivity index (χ0n) is 22.8. The molecule has 6 unspecified atom stereocenters. The van der Waals surface area contributed by atoms with Crippen molar-refractivity contribution in [3.05, 3.63) is 42.0 Å². The minimum atomic E-state index is -0.479. The van der Waals surface area contributed by atoms with E-state index in [1.165, 1.54) is 6.42 Å². The van der Waals surface area contributed by atoms with E-state index in [0.29, 0.717) is 23.5 Å². The largest absolute Gasteiger partial charge is 0.481 e. The highest BCUT2D eigenvalue weighted by Crippen LogP contribution is 2.44. The Balaban J connectivity index is 0.00000178. The predicted molar refractivity (Wildman–Crippen MR) is 167 cm³/mol. The molecule has 1 saturated carbocycles. The molecule has 8 nitrogen and oxygen atoms in total. The standard InChI is InChI=1S/C28H38N6O2.3ClH/c1-15(32-21-9-11-25-23(14-21)34-27(30)17(3)36-25)18-6-5-7-19(12-18)28(4,31)20-8-10-24-22(13-20)33-26(29)16(2)35-24;;;/h8-11,13-19,32H,5-7,12,31H2,1-4H3,(H2,29,33)(H2,30,34);3*1H. The van der Waals surface area contributed by atoms with E-state index >= 15 is 0 Å². The number of amidine groups is 2. The maximum Gasteiger partial charge on any atom is 0.153 e. The summed E-state index contributed by atoms with van der Waals surface area (Å²) in [6.45, 7) is 8.21. The first-order chi connectivity index (χ1) is 17.1. The van der Waals surface area contributed by atoms with E-state index in [2.05, 4.69) is 41.3 Å². The van der Waals surface area contributed by atoms with Gasteiger partial charge in [-0.2, -0.15) is 0 Å². The molecule has 2 aromatic carbocycles. The molecule has 7 N–H and O–H groups in total. The summed E-state index contributed by atoms with van der Waals surface area (Å²) in [7, 11) is 0. The monoisotopic (exact) mass is 598 g/mol. The van der Waals surface area contributed by atoms with Crippen LogP contribution in [0.1, 0.15) is 58.9 Å². The number of rotatable bonds is 5.